The molecule has 1 heterocycles. The fourth-order valence-corrected chi connectivity index (χ4v) is 3.87. The maximum Gasteiger partial charge on any atom is 0.321 e. The maximum atomic E-state index is 12.4. The summed E-state index contributed by atoms with van der Waals surface area (Å²) in [5.74, 6) is -0.746. The Morgan fingerprint density at radius 1 is 1.32 bits per heavy atom. The van der Waals surface area contributed by atoms with Crippen LogP contribution < -0.4 is 5.32 Å². The number of anilines is 1. The summed E-state index contributed by atoms with van der Waals surface area (Å²) in [7, 11) is 0. The quantitative estimate of drug-likeness (QED) is 0.860. The highest BCUT2D eigenvalue weighted by atomic mass is 35.5. The number of carboxylic acids is 1. The van der Waals surface area contributed by atoms with Crippen LogP contribution in [0.4, 0.5) is 10.5 Å². The van der Waals surface area contributed by atoms with E-state index in [1.807, 2.05) is 0 Å². The van der Waals surface area contributed by atoms with Gasteiger partial charge in [-0.05, 0) is 37.0 Å². The van der Waals surface area contributed by atoms with E-state index >= 15 is 0 Å². The number of urea groups is 1. The summed E-state index contributed by atoms with van der Waals surface area (Å²) in [5, 5.41) is 13.1. The van der Waals surface area contributed by atoms with Crippen LogP contribution in [0.25, 0.3) is 0 Å². The molecule has 2 fully saturated rings. The van der Waals surface area contributed by atoms with Gasteiger partial charge >= 0.3 is 12.0 Å². The van der Waals surface area contributed by atoms with E-state index in [2.05, 4.69) is 5.32 Å². The van der Waals surface area contributed by atoms with Gasteiger partial charge in [0.05, 0.1) is 15.5 Å². The van der Waals surface area contributed by atoms with Crippen molar-refractivity contribution < 1.29 is 14.7 Å². The van der Waals surface area contributed by atoms with E-state index in [1.54, 1.807) is 23.1 Å². The van der Waals surface area contributed by atoms with Crippen LogP contribution in [0, 0.1) is 11.3 Å². The Morgan fingerprint density at radius 3 is 2.73 bits per heavy atom. The van der Waals surface area contributed by atoms with Gasteiger partial charge in [-0.2, -0.15) is 0 Å². The summed E-state index contributed by atoms with van der Waals surface area (Å²) >= 11 is 11.8. The lowest BCUT2D eigenvalue weighted by Gasteiger charge is -2.23. The van der Waals surface area contributed by atoms with E-state index in [0.717, 1.165) is 12.8 Å². The first-order valence-electron chi connectivity index (χ1n) is 7.17. The monoisotopic (exact) mass is 342 g/mol. The minimum absolute atomic E-state index is 0.0459. The molecule has 5 nitrogen and oxygen atoms in total. The van der Waals surface area contributed by atoms with Crippen molar-refractivity contribution in [2.75, 3.05) is 18.4 Å². The number of rotatable bonds is 2. The Morgan fingerprint density at radius 2 is 2.09 bits per heavy atom. The third kappa shape index (κ3) is 2.52. The van der Waals surface area contributed by atoms with Crippen LogP contribution in [0.2, 0.25) is 10.0 Å². The van der Waals surface area contributed by atoms with Crippen LogP contribution in [0.1, 0.15) is 19.3 Å². The van der Waals surface area contributed by atoms with Gasteiger partial charge in [0.25, 0.3) is 0 Å². The van der Waals surface area contributed by atoms with Crippen LogP contribution in [0.5, 0.6) is 0 Å². The third-order valence-electron chi connectivity index (χ3n) is 4.75. The number of carbonyl (C=O) groups excluding carboxylic acids is 1. The fourth-order valence-electron chi connectivity index (χ4n) is 3.57. The number of aliphatic carboxylic acids is 1. The molecular weight excluding hydrogens is 327 g/mol. The molecule has 2 amide bonds. The molecule has 0 radical (unpaired) electrons. The van der Waals surface area contributed by atoms with Crippen molar-refractivity contribution >= 4 is 40.9 Å². The Labute approximate surface area is 138 Å². The van der Waals surface area contributed by atoms with Gasteiger partial charge < -0.3 is 15.3 Å². The molecule has 1 aliphatic heterocycles. The van der Waals surface area contributed by atoms with Gasteiger partial charge in [0, 0.05) is 18.8 Å². The first kappa shape index (κ1) is 15.4. The number of hydrogen-bond donors (Lipinski definition) is 2. The first-order valence-corrected chi connectivity index (χ1v) is 7.92. The smallest absolute Gasteiger partial charge is 0.321 e. The number of fused-ring (bicyclic) bond motifs is 1. The Bertz CT molecular complexity index is 637. The Hall–Kier alpha value is -1.46. The molecule has 1 saturated carbocycles. The van der Waals surface area contributed by atoms with Crippen molar-refractivity contribution in [3.05, 3.63) is 28.2 Å². The molecule has 0 unspecified atom stereocenters. The van der Waals surface area contributed by atoms with Gasteiger partial charge in [-0.15, -0.1) is 0 Å². The van der Waals surface area contributed by atoms with Crippen LogP contribution in [-0.4, -0.2) is 35.1 Å². The van der Waals surface area contributed by atoms with Crippen molar-refractivity contribution in [3.8, 4) is 0 Å². The van der Waals surface area contributed by atoms with Crippen LogP contribution in [-0.2, 0) is 4.79 Å². The zero-order valence-electron chi connectivity index (χ0n) is 11.8. The molecule has 0 bridgehead atoms. The van der Waals surface area contributed by atoms with Crippen molar-refractivity contribution in [1.82, 2.24) is 4.90 Å². The number of nitrogens with zero attached hydrogens (tertiary/aromatic N) is 1. The molecule has 2 N–H and O–H groups in total. The summed E-state index contributed by atoms with van der Waals surface area (Å²) in [6.07, 6.45) is 2.42. The van der Waals surface area contributed by atoms with Crippen LogP contribution in [0.15, 0.2) is 18.2 Å². The highest BCUT2D eigenvalue weighted by Crippen LogP contribution is 2.48. The first-order chi connectivity index (χ1) is 10.4. The van der Waals surface area contributed by atoms with Crippen molar-refractivity contribution in [2.45, 2.75) is 19.3 Å². The molecule has 2 atom stereocenters. The molecule has 1 aliphatic carbocycles. The molecule has 1 saturated heterocycles. The molecule has 3 rings (SSSR count). The molecule has 2 aliphatic rings. The average molecular weight is 343 g/mol. The number of hydrogen-bond acceptors (Lipinski definition) is 2. The van der Waals surface area contributed by atoms with E-state index < -0.39 is 11.4 Å². The molecule has 0 spiro atoms. The lowest BCUT2D eigenvalue weighted by Crippen LogP contribution is -2.38. The summed E-state index contributed by atoms with van der Waals surface area (Å²) in [4.78, 5) is 25.6. The lowest BCUT2D eigenvalue weighted by molar-refractivity contribution is -0.149. The largest absolute Gasteiger partial charge is 0.481 e. The topological polar surface area (TPSA) is 69.6 Å². The second-order valence-corrected chi connectivity index (χ2v) is 6.80. The molecule has 0 aromatic heterocycles. The van der Waals surface area contributed by atoms with Crippen LogP contribution in [0.3, 0.4) is 0 Å². The van der Waals surface area contributed by atoms with E-state index in [4.69, 9.17) is 23.2 Å². The zero-order valence-corrected chi connectivity index (χ0v) is 13.3. The number of benzene rings is 1. The minimum atomic E-state index is -0.792. The van der Waals surface area contributed by atoms with E-state index in [9.17, 15) is 14.7 Å². The number of nitrogens with one attached hydrogen (secondary N) is 1. The highest BCUT2D eigenvalue weighted by molar-refractivity contribution is 6.42. The molecule has 1 aromatic carbocycles. The number of likely N-dealkylation sites (tertiary alicyclic amines) is 1. The molecular formula is C15H16Cl2N2O3. The van der Waals surface area contributed by atoms with Crippen molar-refractivity contribution in [2.24, 2.45) is 11.3 Å². The molecule has 22 heavy (non-hydrogen) atoms. The molecule has 7 heteroatoms. The van der Waals surface area contributed by atoms with E-state index in [0.29, 0.717) is 28.7 Å². The zero-order chi connectivity index (χ0) is 15.9. The van der Waals surface area contributed by atoms with E-state index in [-0.39, 0.29) is 18.5 Å². The van der Waals surface area contributed by atoms with Crippen LogP contribution >= 0.6 is 23.2 Å². The summed E-state index contributed by atoms with van der Waals surface area (Å²) < 4.78 is 0. The second kappa shape index (κ2) is 5.63. The number of carboxylic acid groups (broad SMARTS) is 1. The maximum absolute atomic E-state index is 12.4. The van der Waals surface area contributed by atoms with E-state index in [1.165, 1.54) is 0 Å². The van der Waals surface area contributed by atoms with Gasteiger partial charge in [0.15, 0.2) is 0 Å². The third-order valence-corrected chi connectivity index (χ3v) is 5.49. The van der Waals surface area contributed by atoms with Crippen molar-refractivity contribution in [3.63, 3.8) is 0 Å². The Balaban J connectivity index is 1.71. The number of carbonyl (C=O) groups is 2. The van der Waals surface area contributed by atoms with Gasteiger partial charge in [-0.3, -0.25) is 4.79 Å². The standard InChI is InChI=1S/C15H16Cl2N2O3/c16-11-4-3-10(6-12(11)17)18-14(22)19-7-9-2-1-5-15(9,8-19)13(20)21/h3-4,6,9H,1-2,5,7-8H2,(H,18,22)(H,20,21)/t9-,15+/m0/s1. The van der Waals surface area contributed by atoms with Gasteiger partial charge in [-0.1, -0.05) is 29.6 Å². The molecule has 1 aromatic rings. The summed E-state index contributed by atoms with van der Waals surface area (Å²) in [6, 6.07) is 4.55. The van der Waals surface area contributed by atoms with Crippen molar-refractivity contribution in [1.29, 1.82) is 0 Å². The summed E-state index contributed by atoms with van der Waals surface area (Å²) in [5.41, 5.74) is -0.226. The van der Waals surface area contributed by atoms with Gasteiger partial charge in [-0.25, -0.2) is 4.79 Å². The number of halogens is 2. The Kier molecular flexibility index (Phi) is 3.95. The summed E-state index contributed by atoms with van der Waals surface area (Å²) in [6.45, 7) is 0.750. The van der Waals surface area contributed by atoms with Gasteiger partial charge in [0.1, 0.15) is 0 Å². The predicted molar refractivity (Wildman–Crippen MR) is 84.5 cm³/mol. The molecule has 118 valence electrons. The fraction of sp³-hybridized carbons (Fsp3) is 0.467. The predicted octanol–water partition coefficient (Wildman–Crippen LogP) is 3.71. The number of amides is 2. The lowest BCUT2D eigenvalue weighted by atomic mass is 9.81. The average Bonchev–Trinajstić information content (AvgIpc) is 3.00. The highest BCUT2D eigenvalue weighted by Gasteiger charge is 2.55. The minimum Gasteiger partial charge on any atom is -0.481 e. The normalized spacial score (nSPS) is 26.8. The second-order valence-electron chi connectivity index (χ2n) is 5.99. The van der Waals surface area contributed by atoms with Gasteiger partial charge in [0.2, 0.25) is 0 Å². The SMILES string of the molecule is O=C(Nc1ccc(Cl)c(Cl)c1)N1C[C@@H]2CCC[C@@]2(C(=O)O)C1.